The zero-order valence-corrected chi connectivity index (χ0v) is 14.5. The summed E-state index contributed by atoms with van der Waals surface area (Å²) in [4.78, 5) is 13.1. The van der Waals surface area contributed by atoms with Crippen LogP contribution in [0, 0.1) is 6.92 Å². The molecule has 1 heterocycles. The van der Waals surface area contributed by atoms with Gasteiger partial charge in [0.25, 0.3) is 0 Å². The number of carbonyl (C=O) groups is 1. The Hall–Kier alpha value is -2.39. The van der Waals surface area contributed by atoms with Crippen LogP contribution in [0.3, 0.4) is 0 Å². The van der Waals surface area contributed by atoms with Gasteiger partial charge in [-0.05, 0) is 26.3 Å². The molecule has 3 aromatic rings. The maximum Gasteiger partial charge on any atom is 0.195 e. The van der Waals surface area contributed by atoms with Crippen molar-refractivity contribution < 1.29 is 9.53 Å². The Kier molecular flexibility index (Phi) is 4.81. The third-order valence-electron chi connectivity index (χ3n) is 4.42. The van der Waals surface area contributed by atoms with Crippen molar-refractivity contribution in [1.82, 2.24) is 4.57 Å². The Labute approximate surface area is 142 Å². The molecule has 0 amide bonds. The lowest BCUT2D eigenvalue weighted by Gasteiger charge is -2.20. The molecular weight excluding hydrogens is 298 g/mol. The van der Waals surface area contributed by atoms with E-state index in [0.717, 1.165) is 28.6 Å². The average Bonchev–Trinajstić information content (AvgIpc) is 2.92. The number of para-hydroxylation sites is 1. The number of ether oxygens (including phenoxy) is 1. The molecule has 24 heavy (non-hydrogen) atoms. The summed E-state index contributed by atoms with van der Waals surface area (Å²) >= 11 is 0. The molecule has 0 saturated heterocycles. The van der Waals surface area contributed by atoms with Gasteiger partial charge in [-0.15, -0.1) is 0 Å². The SMILES string of the molecule is CCOC(CC)n1c(C)c(C(=O)c2ccccc2)c2ccccc21. The molecule has 1 atom stereocenters. The summed E-state index contributed by atoms with van der Waals surface area (Å²) in [7, 11) is 0. The molecule has 3 heteroatoms. The van der Waals surface area contributed by atoms with Crippen molar-refractivity contribution in [1.29, 1.82) is 0 Å². The third-order valence-corrected chi connectivity index (χ3v) is 4.42. The van der Waals surface area contributed by atoms with Gasteiger partial charge < -0.3 is 9.30 Å². The number of carbonyl (C=O) groups excluding carboxylic acids is 1. The fourth-order valence-corrected chi connectivity index (χ4v) is 3.35. The molecule has 0 spiro atoms. The van der Waals surface area contributed by atoms with E-state index < -0.39 is 0 Å². The molecule has 124 valence electrons. The number of fused-ring (bicyclic) bond motifs is 1. The molecule has 1 unspecified atom stereocenters. The van der Waals surface area contributed by atoms with Gasteiger partial charge in [-0.25, -0.2) is 0 Å². The molecule has 3 rings (SSSR count). The van der Waals surface area contributed by atoms with Gasteiger partial charge in [0.15, 0.2) is 5.78 Å². The third kappa shape index (κ3) is 2.76. The van der Waals surface area contributed by atoms with Gasteiger partial charge in [-0.2, -0.15) is 0 Å². The molecular formula is C21H23NO2. The Bertz CT molecular complexity index is 849. The fourth-order valence-electron chi connectivity index (χ4n) is 3.35. The normalized spacial score (nSPS) is 12.5. The minimum absolute atomic E-state index is 0.0581. The summed E-state index contributed by atoms with van der Waals surface area (Å²) in [6.45, 7) is 6.76. The highest BCUT2D eigenvalue weighted by Gasteiger charge is 2.24. The summed E-state index contributed by atoms with van der Waals surface area (Å²) in [6, 6.07) is 17.5. The molecule has 0 aliphatic rings. The summed E-state index contributed by atoms with van der Waals surface area (Å²) in [5, 5.41) is 0.988. The molecule has 0 radical (unpaired) electrons. The smallest absolute Gasteiger partial charge is 0.195 e. The number of hydrogen-bond donors (Lipinski definition) is 0. The van der Waals surface area contributed by atoms with E-state index >= 15 is 0 Å². The van der Waals surface area contributed by atoms with E-state index in [4.69, 9.17) is 4.74 Å². The average molecular weight is 321 g/mol. The summed E-state index contributed by atoms with van der Waals surface area (Å²) in [5.74, 6) is 0.0643. The van der Waals surface area contributed by atoms with Gasteiger partial charge in [0.05, 0.1) is 11.1 Å². The van der Waals surface area contributed by atoms with E-state index in [9.17, 15) is 4.79 Å². The van der Waals surface area contributed by atoms with Crippen LogP contribution < -0.4 is 0 Å². The van der Waals surface area contributed by atoms with Crippen LogP contribution in [0.1, 0.15) is 48.1 Å². The van der Waals surface area contributed by atoms with Gasteiger partial charge in [0.1, 0.15) is 6.23 Å². The number of benzene rings is 2. The zero-order valence-electron chi connectivity index (χ0n) is 14.5. The lowest BCUT2D eigenvalue weighted by Crippen LogP contribution is -2.14. The number of aromatic nitrogens is 1. The second-order valence-corrected chi connectivity index (χ2v) is 5.86. The monoisotopic (exact) mass is 321 g/mol. The van der Waals surface area contributed by atoms with E-state index in [1.54, 1.807) is 0 Å². The van der Waals surface area contributed by atoms with Crippen LogP contribution in [0.25, 0.3) is 10.9 Å². The topological polar surface area (TPSA) is 31.2 Å². The van der Waals surface area contributed by atoms with E-state index in [-0.39, 0.29) is 12.0 Å². The van der Waals surface area contributed by atoms with E-state index in [1.165, 1.54) is 0 Å². The minimum Gasteiger partial charge on any atom is -0.358 e. The van der Waals surface area contributed by atoms with Crippen LogP contribution in [-0.4, -0.2) is 17.0 Å². The van der Waals surface area contributed by atoms with Crippen LogP contribution in [0.2, 0.25) is 0 Å². The molecule has 0 fully saturated rings. The highest BCUT2D eigenvalue weighted by Crippen LogP contribution is 2.32. The van der Waals surface area contributed by atoms with Crippen LogP contribution in [-0.2, 0) is 4.74 Å². The first-order chi connectivity index (χ1) is 11.7. The second kappa shape index (κ2) is 7.02. The first-order valence-corrected chi connectivity index (χ1v) is 8.49. The van der Waals surface area contributed by atoms with E-state index in [2.05, 4.69) is 17.6 Å². The van der Waals surface area contributed by atoms with Crippen molar-refractivity contribution in [2.24, 2.45) is 0 Å². The molecule has 3 nitrogen and oxygen atoms in total. The van der Waals surface area contributed by atoms with Gasteiger partial charge in [0.2, 0.25) is 0 Å². The highest BCUT2D eigenvalue weighted by atomic mass is 16.5. The standard InChI is InChI=1S/C21H23NO2/c1-4-19(24-5-2)22-15(3)20(17-13-9-10-14-18(17)22)21(23)16-11-7-6-8-12-16/h6-14,19H,4-5H2,1-3H3. The maximum atomic E-state index is 13.1. The first-order valence-electron chi connectivity index (χ1n) is 8.49. The lowest BCUT2D eigenvalue weighted by molar-refractivity contribution is 0.00959. The Balaban J connectivity index is 2.22. The van der Waals surface area contributed by atoms with Gasteiger partial charge in [-0.1, -0.05) is 55.5 Å². The predicted molar refractivity (Wildman–Crippen MR) is 97.5 cm³/mol. The van der Waals surface area contributed by atoms with E-state index in [1.807, 2.05) is 62.4 Å². The van der Waals surface area contributed by atoms with Crippen LogP contribution in [0.15, 0.2) is 54.6 Å². The van der Waals surface area contributed by atoms with Crippen LogP contribution >= 0.6 is 0 Å². The lowest BCUT2D eigenvalue weighted by atomic mass is 10.0. The summed E-state index contributed by atoms with van der Waals surface area (Å²) < 4.78 is 8.08. The number of hydrogen-bond acceptors (Lipinski definition) is 2. The van der Waals surface area contributed by atoms with Crippen molar-refractivity contribution in [3.05, 3.63) is 71.4 Å². The van der Waals surface area contributed by atoms with Crippen molar-refractivity contribution >= 4 is 16.7 Å². The van der Waals surface area contributed by atoms with Crippen molar-refractivity contribution in [2.75, 3.05) is 6.61 Å². The fraction of sp³-hybridized carbons (Fsp3) is 0.286. The van der Waals surface area contributed by atoms with E-state index in [0.29, 0.717) is 12.2 Å². The molecule has 1 aromatic heterocycles. The predicted octanol–water partition coefficient (Wildman–Crippen LogP) is 5.13. The Morgan fingerprint density at radius 2 is 1.71 bits per heavy atom. The van der Waals surface area contributed by atoms with Crippen molar-refractivity contribution in [2.45, 2.75) is 33.4 Å². The zero-order chi connectivity index (χ0) is 17.1. The molecule has 0 saturated carbocycles. The quantitative estimate of drug-likeness (QED) is 0.590. The van der Waals surface area contributed by atoms with Gasteiger partial charge >= 0.3 is 0 Å². The largest absolute Gasteiger partial charge is 0.358 e. The minimum atomic E-state index is -0.0581. The summed E-state index contributed by atoms with van der Waals surface area (Å²) in [6.07, 6.45) is 0.795. The van der Waals surface area contributed by atoms with Crippen molar-refractivity contribution in [3.8, 4) is 0 Å². The molecule has 0 bridgehead atoms. The second-order valence-electron chi connectivity index (χ2n) is 5.86. The summed E-state index contributed by atoms with van der Waals surface area (Å²) in [5.41, 5.74) is 3.50. The van der Waals surface area contributed by atoms with Gasteiger partial charge in [-0.3, -0.25) is 4.79 Å². The van der Waals surface area contributed by atoms with Gasteiger partial charge in [0, 0.05) is 23.3 Å². The molecule has 2 aromatic carbocycles. The molecule has 0 N–H and O–H groups in total. The highest BCUT2D eigenvalue weighted by molar-refractivity contribution is 6.17. The Morgan fingerprint density at radius 3 is 2.38 bits per heavy atom. The maximum absolute atomic E-state index is 13.1. The number of rotatable bonds is 6. The molecule has 0 aliphatic carbocycles. The Morgan fingerprint density at radius 1 is 1.04 bits per heavy atom. The first kappa shape index (κ1) is 16.5. The molecule has 0 aliphatic heterocycles. The van der Waals surface area contributed by atoms with Crippen molar-refractivity contribution in [3.63, 3.8) is 0 Å². The number of ketones is 1. The number of nitrogens with zero attached hydrogens (tertiary/aromatic N) is 1. The van der Waals surface area contributed by atoms with Crippen LogP contribution in [0.5, 0.6) is 0 Å². The van der Waals surface area contributed by atoms with Crippen LogP contribution in [0.4, 0.5) is 0 Å².